The van der Waals surface area contributed by atoms with E-state index in [-0.39, 0.29) is 35.8 Å². The van der Waals surface area contributed by atoms with Crippen molar-refractivity contribution < 1.29 is 9.84 Å². The molecule has 0 amide bonds. The summed E-state index contributed by atoms with van der Waals surface area (Å²) in [6.45, 7) is 8.14. The molecule has 0 fully saturated rings. The predicted molar refractivity (Wildman–Crippen MR) is 124 cm³/mol. The van der Waals surface area contributed by atoms with Crippen LogP contribution in [0.5, 0.6) is 11.5 Å². The molecule has 1 aliphatic heterocycles. The largest absolute Gasteiger partial charge is 0.504 e. The summed E-state index contributed by atoms with van der Waals surface area (Å²) in [5.41, 5.74) is 0.723. The Morgan fingerprint density at radius 3 is 2.90 bits per heavy atom. The number of hydrogen-bond acceptors (Lipinski definition) is 5. The number of fused-ring (bicyclic) bond motifs is 1. The minimum Gasteiger partial charge on any atom is -0.504 e. The fourth-order valence-corrected chi connectivity index (χ4v) is 3.23. The lowest BCUT2D eigenvalue weighted by molar-refractivity contribution is 0.370. The van der Waals surface area contributed by atoms with E-state index in [1.54, 1.807) is 13.2 Å². The van der Waals surface area contributed by atoms with Crippen molar-refractivity contribution in [1.29, 1.82) is 0 Å². The smallest absolute Gasteiger partial charge is 0.191 e. The van der Waals surface area contributed by atoms with Crippen LogP contribution in [0.25, 0.3) is 0 Å². The van der Waals surface area contributed by atoms with Crippen LogP contribution in [0, 0.1) is 0 Å². The van der Waals surface area contributed by atoms with Crippen molar-refractivity contribution in [2.24, 2.45) is 4.99 Å². The molecule has 1 aromatic carbocycles. The van der Waals surface area contributed by atoms with Crippen LogP contribution in [-0.2, 0) is 19.5 Å². The van der Waals surface area contributed by atoms with Gasteiger partial charge in [-0.2, -0.15) is 5.10 Å². The van der Waals surface area contributed by atoms with Gasteiger partial charge in [0.25, 0.3) is 0 Å². The number of phenolic OH excluding ortho intramolecular Hbond substituents is 1. The summed E-state index contributed by atoms with van der Waals surface area (Å²) in [7, 11) is 1.54. The second-order valence-electron chi connectivity index (χ2n) is 7.27. The second-order valence-corrected chi connectivity index (χ2v) is 7.27. The number of aryl methyl sites for hydroxylation is 1. The molecule has 3 N–H and O–H groups in total. The summed E-state index contributed by atoms with van der Waals surface area (Å²) >= 11 is 0. The first-order chi connectivity index (χ1) is 13.5. The Balaban J connectivity index is 0.00000300. The quantitative estimate of drug-likeness (QED) is 0.312. The van der Waals surface area contributed by atoms with Crippen LogP contribution in [0.1, 0.15) is 50.3 Å². The van der Waals surface area contributed by atoms with Gasteiger partial charge in [-0.15, -0.1) is 24.0 Å². The van der Waals surface area contributed by atoms with Gasteiger partial charge in [-0.3, -0.25) is 0 Å². The predicted octanol–water partition coefficient (Wildman–Crippen LogP) is 2.80. The van der Waals surface area contributed by atoms with Gasteiger partial charge in [-0.25, -0.2) is 14.7 Å². The molecule has 2 aromatic rings. The van der Waals surface area contributed by atoms with Crippen molar-refractivity contribution in [3.8, 4) is 11.5 Å². The third-order valence-electron chi connectivity index (χ3n) is 4.79. The highest BCUT2D eigenvalue weighted by molar-refractivity contribution is 14.0. The molecule has 0 radical (unpaired) electrons. The summed E-state index contributed by atoms with van der Waals surface area (Å²) in [5.74, 6) is 3.62. The van der Waals surface area contributed by atoms with Gasteiger partial charge in [0.2, 0.25) is 0 Å². The number of para-hydroxylation sites is 1. The lowest BCUT2D eigenvalue weighted by atomic mass is 10.1. The number of guanidine groups is 1. The number of rotatable bonds is 6. The van der Waals surface area contributed by atoms with Gasteiger partial charge in [-0.1, -0.05) is 26.0 Å². The average molecular weight is 514 g/mol. The van der Waals surface area contributed by atoms with E-state index in [1.807, 2.05) is 23.7 Å². The molecule has 9 heteroatoms. The lowest BCUT2D eigenvalue weighted by Crippen LogP contribution is -2.47. The Labute approximate surface area is 189 Å². The molecule has 0 bridgehead atoms. The minimum absolute atomic E-state index is 0. The molecule has 1 unspecified atom stereocenters. The SMILES string of the molecule is CCNC(=NCc1cccc(OC)c1O)NC1CCc2nc(C(C)C)nn2C1.I. The first-order valence-electron chi connectivity index (χ1n) is 9.85. The molecule has 160 valence electrons. The van der Waals surface area contributed by atoms with Crippen LogP contribution in [0.4, 0.5) is 0 Å². The zero-order valence-electron chi connectivity index (χ0n) is 17.5. The van der Waals surface area contributed by atoms with Crippen molar-refractivity contribution in [2.75, 3.05) is 13.7 Å². The Hall–Kier alpha value is -2.04. The van der Waals surface area contributed by atoms with Crippen LogP contribution < -0.4 is 15.4 Å². The van der Waals surface area contributed by atoms with E-state index in [0.29, 0.717) is 18.2 Å². The number of hydrogen-bond donors (Lipinski definition) is 3. The van der Waals surface area contributed by atoms with Gasteiger partial charge < -0.3 is 20.5 Å². The van der Waals surface area contributed by atoms with E-state index in [4.69, 9.17) is 4.74 Å². The maximum Gasteiger partial charge on any atom is 0.191 e. The summed E-state index contributed by atoms with van der Waals surface area (Å²) in [5, 5.41) is 21.7. The maximum atomic E-state index is 10.3. The molecular formula is C20H31IN6O2. The van der Waals surface area contributed by atoms with E-state index in [1.165, 1.54) is 0 Å². The maximum absolute atomic E-state index is 10.3. The van der Waals surface area contributed by atoms with Crippen molar-refractivity contribution in [3.05, 3.63) is 35.4 Å². The number of aliphatic imine (C=N–C) groups is 1. The minimum atomic E-state index is 0. The average Bonchev–Trinajstić information content (AvgIpc) is 3.11. The van der Waals surface area contributed by atoms with Gasteiger partial charge >= 0.3 is 0 Å². The number of aromatic nitrogens is 3. The third kappa shape index (κ3) is 5.74. The molecule has 1 aromatic heterocycles. The van der Waals surface area contributed by atoms with Gasteiger partial charge in [0.05, 0.1) is 20.2 Å². The Bertz CT molecular complexity index is 836. The van der Waals surface area contributed by atoms with Gasteiger partial charge in [0, 0.05) is 30.5 Å². The first-order valence-corrected chi connectivity index (χ1v) is 9.85. The van der Waals surface area contributed by atoms with Crippen molar-refractivity contribution >= 4 is 29.9 Å². The summed E-state index contributed by atoms with van der Waals surface area (Å²) in [6.07, 6.45) is 1.87. The van der Waals surface area contributed by atoms with Crippen LogP contribution >= 0.6 is 24.0 Å². The molecular weight excluding hydrogens is 483 g/mol. The molecule has 0 spiro atoms. The zero-order chi connectivity index (χ0) is 20.1. The molecule has 29 heavy (non-hydrogen) atoms. The third-order valence-corrected chi connectivity index (χ3v) is 4.79. The standard InChI is InChI=1S/C20H30N6O2.HI/c1-5-21-20(22-11-14-7-6-8-16(28-4)18(14)27)23-15-9-10-17-24-19(13(2)3)25-26(17)12-15;/h6-8,13,15,27H,5,9-12H2,1-4H3,(H2,21,22,23);1H. The summed E-state index contributed by atoms with van der Waals surface area (Å²) in [6, 6.07) is 5.66. The number of aromatic hydroxyl groups is 1. The first kappa shape index (κ1) is 23.2. The van der Waals surface area contributed by atoms with E-state index in [2.05, 4.69) is 39.6 Å². The van der Waals surface area contributed by atoms with E-state index < -0.39 is 0 Å². The lowest BCUT2D eigenvalue weighted by Gasteiger charge is -2.25. The summed E-state index contributed by atoms with van der Waals surface area (Å²) < 4.78 is 7.18. The number of methoxy groups -OCH3 is 1. The number of nitrogens with zero attached hydrogens (tertiary/aromatic N) is 4. The molecule has 0 saturated carbocycles. The molecule has 1 aliphatic rings. The number of nitrogens with one attached hydrogen (secondary N) is 2. The van der Waals surface area contributed by atoms with Crippen LogP contribution in [-0.4, -0.2) is 45.5 Å². The molecule has 0 saturated heterocycles. The number of halogens is 1. The molecule has 8 nitrogen and oxygen atoms in total. The van der Waals surface area contributed by atoms with E-state index in [0.717, 1.165) is 49.1 Å². The zero-order valence-corrected chi connectivity index (χ0v) is 19.8. The fourth-order valence-electron chi connectivity index (χ4n) is 3.23. The molecule has 1 atom stereocenters. The van der Waals surface area contributed by atoms with Crippen molar-refractivity contribution in [3.63, 3.8) is 0 Å². The Morgan fingerprint density at radius 1 is 1.41 bits per heavy atom. The number of benzene rings is 1. The Kier molecular flexibility index (Phi) is 8.54. The fraction of sp³-hybridized carbons (Fsp3) is 0.550. The molecule has 0 aliphatic carbocycles. The monoisotopic (exact) mass is 514 g/mol. The van der Waals surface area contributed by atoms with Gasteiger partial charge in [-0.05, 0) is 19.4 Å². The van der Waals surface area contributed by atoms with Gasteiger partial charge in [0.1, 0.15) is 5.82 Å². The topological polar surface area (TPSA) is 96.6 Å². The second kappa shape index (κ2) is 10.7. The van der Waals surface area contributed by atoms with Crippen LogP contribution in [0.15, 0.2) is 23.2 Å². The summed E-state index contributed by atoms with van der Waals surface area (Å²) in [4.78, 5) is 9.28. The van der Waals surface area contributed by atoms with Crippen molar-refractivity contribution in [1.82, 2.24) is 25.4 Å². The molecule has 2 heterocycles. The van der Waals surface area contributed by atoms with E-state index >= 15 is 0 Å². The highest BCUT2D eigenvalue weighted by Crippen LogP contribution is 2.29. The van der Waals surface area contributed by atoms with E-state index in [9.17, 15) is 5.11 Å². The van der Waals surface area contributed by atoms with Gasteiger partial charge in [0.15, 0.2) is 23.3 Å². The van der Waals surface area contributed by atoms with Crippen LogP contribution in [0.3, 0.4) is 0 Å². The normalized spacial score (nSPS) is 16.2. The molecule has 3 rings (SSSR count). The highest BCUT2D eigenvalue weighted by Gasteiger charge is 2.23. The number of phenols is 1. The van der Waals surface area contributed by atoms with Crippen molar-refractivity contribution in [2.45, 2.75) is 58.7 Å². The number of ether oxygens (including phenoxy) is 1. The highest BCUT2D eigenvalue weighted by atomic mass is 127. The Morgan fingerprint density at radius 2 is 2.21 bits per heavy atom. The van der Waals surface area contributed by atoms with Crippen LogP contribution in [0.2, 0.25) is 0 Å².